The summed E-state index contributed by atoms with van der Waals surface area (Å²) in [6.07, 6.45) is 16.4. The second-order valence-electron chi connectivity index (χ2n) is 17.8. The van der Waals surface area contributed by atoms with Crippen molar-refractivity contribution >= 4 is 61.5 Å². The summed E-state index contributed by atoms with van der Waals surface area (Å²) in [6, 6.07) is 46.6. The van der Waals surface area contributed by atoms with Gasteiger partial charge in [0.05, 0.1) is 11.4 Å². The minimum atomic E-state index is -0.0342. The molecule has 0 spiro atoms. The second-order valence-corrected chi connectivity index (χ2v) is 17.8. The monoisotopic (exact) mass is 787 g/mol. The number of aryl methyl sites for hydroxylation is 1. The van der Waals surface area contributed by atoms with Crippen LogP contribution < -0.4 is 0 Å². The van der Waals surface area contributed by atoms with Crippen LogP contribution in [0.3, 0.4) is 0 Å². The maximum absolute atomic E-state index is 6.33. The van der Waals surface area contributed by atoms with E-state index in [4.69, 9.17) is 13.8 Å². The van der Waals surface area contributed by atoms with Gasteiger partial charge in [-0.15, -0.1) is 0 Å². The molecule has 0 saturated carbocycles. The van der Waals surface area contributed by atoms with Gasteiger partial charge in [0.25, 0.3) is 0 Å². The minimum Gasteiger partial charge on any atom is -0.456 e. The van der Waals surface area contributed by atoms with Gasteiger partial charge < -0.3 is 8.83 Å². The number of hydrogen-bond donors (Lipinski definition) is 0. The summed E-state index contributed by atoms with van der Waals surface area (Å²) in [7, 11) is 0. The van der Waals surface area contributed by atoms with Gasteiger partial charge in [-0.25, -0.2) is 4.99 Å². The van der Waals surface area contributed by atoms with Crippen LogP contribution in [0.4, 0.5) is 0 Å². The first kappa shape index (κ1) is 35.9. The van der Waals surface area contributed by atoms with Crippen molar-refractivity contribution in [2.45, 2.75) is 58.3 Å². The molecule has 1 aliphatic heterocycles. The normalized spacial score (nSPS) is 16.8. The highest BCUT2D eigenvalue weighted by atomic mass is 16.3. The molecule has 294 valence electrons. The molecule has 3 aliphatic carbocycles. The fraction of sp³-hybridized carbons (Fsp3) is 0.155. The highest BCUT2D eigenvalue weighted by Gasteiger charge is 2.37. The number of benzene rings is 6. The first-order chi connectivity index (χ1) is 29.9. The summed E-state index contributed by atoms with van der Waals surface area (Å²) < 4.78 is 12.6. The van der Waals surface area contributed by atoms with Gasteiger partial charge in [-0.1, -0.05) is 110 Å². The van der Waals surface area contributed by atoms with Crippen molar-refractivity contribution in [3.63, 3.8) is 0 Å². The van der Waals surface area contributed by atoms with E-state index in [0.717, 1.165) is 110 Å². The molecule has 61 heavy (non-hydrogen) atoms. The quantitative estimate of drug-likeness (QED) is 0.174. The van der Waals surface area contributed by atoms with Crippen LogP contribution in [-0.2, 0) is 11.8 Å². The van der Waals surface area contributed by atoms with E-state index in [-0.39, 0.29) is 5.41 Å². The van der Waals surface area contributed by atoms with Gasteiger partial charge in [-0.3, -0.25) is 0 Å². The number of hydrogen-bond acceptors (Lipinski definition) is 3. The van der Waals surface area contributed by atoms with Gasteiger partial charge in [0, 0.05) is 38.3 Å². The van der Waals surface area contributed by atoms with Crippen LogP contribution in [-0.4, -0.2) is 5.71 Å². The third-order valence-corrected chi connectivity index (χ3v) is 13.7. The lowest BCUT2D eigenvalue weighted by atomic mass is 9.78. The van der Waals surface area contributed by atoms with E-state index in [1.54, 1.807) is 5.57 Å². The summed E-state index contributed by atoms with van der Waals surface area (Å²) in [5.41, 5.74) is 22.3. The summed E-state index contributed by atoms with van der Waals surface area (Å²) in [6.45, 7) is 7.07. The number of aliphatic imine (C=N–C) groups is 1. The third kappa shape index (κ3) is 5.90. The van der Waals surface area contributed by atoms with Crippen LogP contribution in [0, 0.1) is 0 Å². The van der Waals surface area contributed by atoms with Crippen molar-refractivity contribution in [2.24, 2.45) is 4.99 Å². The molecular formula is C58H45NO2. The van der Waals surface area contributed by atoms with Gasteiger partial charge in [0.15, 0.2) is 0 Å². The zero-order chi connectivity index (χ0) is 40.8. The van der Waals surface area contributed by atoms with Gasteiger partial charge in [0.2, 0.25) is 0 Å². The van der Waals surface area contributed by atoms with Crippen molar-refractivity contribution < 1.29 is 8.83 Å². The first-order valence-corrected chi connectivity index (χ1v) is 21.7. The van der Waals surface area contributed by atoms with Crippen LogP contribution in [0.2, 0.25) is 0 Å². The Hall–Kier alpha value is -6.97. The van der Waals surface area contributed by atoms with Crippen LogP contribution in [0.1, 0.15) is 85.6 Å². The Balaban J connectivity index is 1.06. The molecule has 8 aromatic rings. The average Bonchev–Trinajstić information content (AvgIpc) is 3.89. The number of allylic oxidation sites excluding steroid dienone is 8. The van der Waals surface area contributed by atoms with E-state index in [1.165, 1.54) is 44.4 Å². The lowest BCUT2D eigenvalue weighted by molar-refractivity contribution is 0.595. The fourth-order valence-corrected chi connectivity index (χ4v) is 10.5. The van der Waals surface area contributed by atoms with Gasteiger partial charge in [-0.05, 0) is 161 Å². The SMILES string of the molecule is CC1=C(c2cc(-c3ccc4oc5c(c4c3)CCC=C5)cc(-c3ccc4oc5ccccc5c4c3)c2)N=C(c2ccc3c(c2)C(C)(C)C2=C3C=CCC2)C=C(c2ccccc2)C1. The molecule has 0 N–H and O–H groups in total. The smallest absolute Gasteiger partial charge is 0.135 e. The summed E-state index contributed by atoms with van der Waals surface area (Å²) in [5, 5.41) is 3.44. The summed E-state index contributed by atoms with van der Waals surface area (Å²) in [4.78, 5) is 5.74. The Labute approximate surface area is 356 Å². The molecule has 0 saturated heterocycles. The predicted molar refractivity (Wildman–Crippen MR) is 255 cm³/mol. The molecular weight excluding hydrogens is 743 g/mol. The van der Waals surface area contributed by atoms with Crippen LogP contribution >= 0.6 is 0 Å². The third-order valence-electron chi connectivity index (χ3n) is 13.7. The molecule has 3 heterocycles. The molecule has 3 nitrogen and oxygen atoms in total. The van der Waals surface area contributed by atoms with Crippen molar-refractivity contribution in [3.05, 3.63) is 202 Å². The lowest BCUT2D eigenvalue weighted by Crippen LogP contribution is -2.18. The lowest BCUT2D eigenvalue weighted by Gasteiger charge is -2.26. The first-order valence-electron chi connectivity index (χ1n) is 21.7. The highest BCUT2D eigenvalue weighted by molar-refractivity contribution is 6.16. The maximum atomic E-state index is 6.33. The van der Waals surface area contributed by atoms with Crippen molar-refractivity contribution in [2.75, 3.05) is 0 Å². The Bertz CT molecular complexity index is 3350. The zero-order valence-electron chi connectivity index (χ0n) is 34.8. The molecule has 0 radical (unpaired) electrons. The average molecular weight is 788 g/mol. The Morgan fingerprint density at radius 3 is 2.08 bits per heavy atom. The largest absolute Gasteiger partial charge is 0.456 e. The molecule has 4 aliphatic rings. The van der Waals surface area contributed by atoms with Crippen LogP contribution in [0.5, 0.6) is 0 Å². The molecule has 0 fully saturated rings. The van der Waals surface area contributed by atoms with E-state index in [1.807, 2.05) is 12.1 Å². The Kier molecular flexibility index (Phi) is 8.12. The van der Waals surface area contributed by atoms with Crippen LogP contribution in [0.15, 0.2) is 177 Å². The number of fused-ring (bicyclic) bond motifs is 8. The van der Waals surface area contributed by atoms with E-state index in [0.29, 0.717) is 0 Å². The second kappa shape index (κ2) is 13.8. The molecule has 2 aromatic heterocycles. The summed E-state index contributed by atoms with van der Waals surface area (Å²) in [5.74, 6) is 0.985. The maximum Gasteiger partial charge on any atom is 0.135 e. The molecule has 3 heteroatoms. The van der Waals surface area contributed by atoms with E-state index >= 15 is 0 Å². The number of para-hydroxylation sites is 1. The number of rotatable bonds is 5. The van der Waals surface area contributed by atoms with E-state index < -0.39 is 0 Å². The Morgan fingerprint density at radius 2 is 1.25 bits per heavy atom. The van der Waals surface area contributed by atoms with Crippen molar-refractivity contribution in [1.29, 1.82) is 0 Å². The molecule has 12 rings (SSSR count). The molecule has 0 atom stereocenters. The molecule has 6 aromatic carbocycles. The molecule has 0 amide bonds. The topological polar surface area (TPSA) is 38.6 Å². The van der Waals surface area contributed by atoms with Crippen molar-refractivity contribution in [1.82, 2.24) is 0 Å². The van der Waals surface area contributed by atoms with Crippen LogP contribution in [0.25, 0.3) is 78.1 Å². The summed E-state index contributed by atoms with van der Waals surface area (Å²) >= 11 is 0. The Morgan fingerprint density at radius 1 is 0.557 bits per heavy atom. The van der Waals surface area contributed by atoms with Gasteiger partial charge in [-0.2, -0.15) is 0 Å². The van der Waals surface area contributed by atoms with Gasteiger partial charge >= 0.3 is 0 Å². The molecule has 0 bridgehead atoms. The van der Waals surface area contributed by atoms with Crippen molar-refractivity contribution in [3.8, 4) is 22.3 Å². The fourth-order valence-electron chi connectivity index (χ4n) is 10.5. The van der Waals surface area contributed by atoms with Gasteiger partial charge in [0.1, 0.15) is 22.5 Å². The van der Waals surface area contributed by atoms with E-state index in [2.05, 4.69) is 166 Å². The standard InChI is InChI=1S/C58H45NO2/c1-35-27-40(36-13-5-4-6-14-36)34-52(39-21-24-45-44-15-7-10-18-50(44)58(2,3)51(45)33-39)59-57(35)43-29-41(37-22-25-55-48(31-37)46-16-8-11-19-53(46)60-55)28-42(30-43)38-23-26-56-49(32-38)47-17-9-12-20-54(47)61-56/h4-8,11-16,19-26,28-34H,9-10,17-18,27H2,1-3H3. The predicted octanol–water partition coefficient (Wildman–Crippen LogP) is 15.7. The number of furan rings is 2. The highest BCUT2D eigenvalue weighted by Crippen LogP contribution is 2.50. The number of nitrogens with zero attached hydrogens (tertiary/aromatic N) is 1. The minimum absolute atomic E-state index is 0.0342. The van der Waals surface area contributed by atoms with E-state index in [9.17, 15) is 0 Å². The zero-order valence-corrected chi connectivity index (χ0v) is 34.8. The molecule has 0 unspecified atom stereocenters.